The Bertz CT molecular complexity index is 486. The van der Waals surface area contributed by atoms with Gasteiger partial charge >= 0.3 is 0 Å². The molecule has 0 bridgehead atoms. The molecule has 0 saturated carbocycles. The molecule has 1 aromatic carbocycles. The molecule has 0 saturated heterocycles. The maximum absolute atomic E-state index is 11.9. The molecule has 5 nitrogen and oxygen atoms in total. The second-order valence-electron chi connectivity index (χ2n) is 4.64. The summed E-state index contributed by atoms with van der Waals surface area (Å²) in [5.74, 6) is 0.898. The highest BCUT2D eigenvalue weighted by Crippen LogP contribution is 2.17. The van der Waals surface area contributed by atoms with Crippen LogP contribution in [0.2, 0.25) is 0 Å². The number of rotatable bonds is 9. The molecule has 2 N–H and O–H groups in total. The van der Waals surface area contributed by atoms with Crippen molar-refractivity contribution in [3.63, 3.8) is 0 Å². The summed E-state index contributed by atoms with van der Waals surface area (Å²) in [7, 11) is -1.64. The summed E-state index contributed by atoms with van der Waals surface area (Å²) in [4.78, 5) is 0. The van der Waals surface area contributed by atoms with Crippen LogP contribution in [-0.4, -0.2) is 34.4 Å². The van der Waals surface area contributed by atoms with Crippen molar-refractivity contribution in [2.45, 2.75) is 26.3 Å². The molecule has 0 spiro atoms. The van der Waals surface area contributed by atoms with Crippen LogP contribution >= 0.6 is 0 Å². The summed E-state index contributed by atoms with van der Waals surface area (Å²) in [6, 6.07) is 7.14. The predicted molar refractivity (Wildman–Crippen MR) is 81.5 cm³/mol. The quantitative estimate of drug-likeness (QED) is 0.681. The first kappa shape index (κ1) is 16.9. The molecule has 0 heterocycles. The first-order chi connectivity index (χ1) is 9.48. The Morgan fingerprint density at radius 1 is 1.25 bits per heavy atom. The molecule has 0 aliphatic rings. The number of benzene rings is 1. The van der Waals surface area contributed by atoms with Gasteiger partial charge in [-0.1, -0.05) is 19.1 Å². The van der Waals surface area contributed by atoms with E-state index in [2.05, 4.69) is 10.0 Å². The lowest BCUT2D eigenvalue weighted by molar-refractivity contribution is 0.414. The highest BCUT2D eigenvalue weighted by molar-refractivity contribution is 7.89. The van der Waals surface area contributed by atoms with Crippen LogP contribution in [0.3, 0.4) is 0 Å². The molecular weight excluding hydrogens is 276 g/mol. The summed E-state index contributed by atoms with van der Waals surface area (Å²) in [5, 5.41) is 3.11. The molecule has 1 aromatic rings. The summed E-state index contributed by atoms with van der Waals surface area (Å²) in [6.45, 7) is 5.41. The fourth-order valence-electron chi connectivity index (χ4n) is 1.85. The number of hydrogen-bond donors (Lipinski definition) is 2. The van der Waals surface area contributed by atoms with E-state index in [1.165, 1.54) is 0 Å². The van der Waals surface area contributed by atoms with Gasteiger partial charge in [0.15, 0.2) is 0 Å². The predicted octanol–water partition coefficient (Wildman–Crippen LogP) is 1.68. The van der Waals surface area contributed by atoms with Gasteiger partial charge in [-0.05, 0) is 44.1 Å². The normalized spacial score (nSPS) is 13.2. The van der Waals surface area contributed by atoms with Crippen molar-refractivity contribution in [3.05, 3.63) is 29.8 Å². The van der Waals surface area contributed by atoms with Crippen molar-refractivity contribution in [2.24, 2.45) is 0 Å². The van der Waals surface area contributed by atoms with Crippen LogP contribution in [0.15, 0.2) is 24.3 Å². The van der Waals surface area contributed by atoms with Crippen molar-refractivity contribution in [1.82, 2.24) is 10.0 Å². The third-order valence-corrected chi connectivity index (χ3v) is 4.53. The average Bonchev–Trinajstić information content (AvgIpc) is 2.43. The zero-order valence-electron chi connectivity index (χ0n) is 12.3. The maximum atomic E-state index is 11.9. The molecule has 1 rings (SSSR count). The first-order valence-electron chi connectivity index (χ1n) is 6.83. The molecular formula is C14H24N2O3S. The van der Waals surface area contributed by atoms with Gasteiger partial charge in [-0.2, -0.15) is 0 Å². The van der Waals surface area contributed by atoms with Crippen molar-refractivity contribution >= 4 is 10.0 Å². The molecule has 0 radical (unpaired) electrons. The van der Waals surface area contributed by atoms with E-state index in [4.69, 9.17) is 4.74 Å². The Kier molecular flexibility index (Phi) is 6.98. The second kappa shape index (κ2) is 8.24. The molecule has 1 atom stereocenters. The van der Waals surface area contributed by atoms with Crippen LogP contribution in [0.4, 0.5) is 0 Å². The van der Waals surface area contributed by atoms with E-state index >= 15 is 0 Å². The SMILES string of the molecule is CCNCCCS(=O)(=O)NC(C)c1ccc(OC)cc1. The van der Waals surface area contributed by atoms with Gasteiger partial charge in [0.05, 0.1) is 12.9 Å². The molecule has 0 aliphatic carbocycles. The minimum absolute atomic E-state index is 0.139. The van der Waals surface area contributed by atoms with Crippen LogP contribution in [-0.2, 0) is 10.0 Å². The fourth-order valence-corrected chi connectivity index (χ4v) is 3.17. The molecule has 0 aromatic heterocycles. The van der Waals surface area contributed by atoms with Crippen LogP contribution in [0.5, 0.6) is 5.75 Å². The van der Waals surface area contributed by atoms with Crippen LogP contribution < -0.4 is 14.8 Å². The monoisotopic (exact) mass is 300 g/mol. The Labute approximate surface area is 121 Å². The number of sulfonamides is 1. The number of hydrogen-bond acceptors (Lipinski definition) is 4. The van der Waals surface area contributed by atoms with Gasteiger partial charge in [0, 0.05) is 6.04 Å². The van der Waals surface area contributed by atoms with Gasteiger partial charge in [-0.3, -0.25) is 0 Å². The van der Waals surface area contributed by atoms with Crippen molar-refractivity contribution in [2.75, 3.05) is 26.0 Å². The summed E-state index contributed by atoms with van der Waals surface area (Å²) in [5.41, 5.74) is 0.918. The van der Waals surface area contributed by atoms with Crippen molar-refractivity contribution in [3.8, 4) is 5.75 Å². The maximum Gasteiger partial charge on any atom is 0.212 e. The van der Waals surface area contributed by atoms with Gasteiger partial charge in [0.2, 0.25) is 10.0 Å². The molecule has 1 unspecified atom stereocenters. The van der Waals surface area contributed by atoms with E-state index < -0.39 is 10.0 Å². The standard InChI is InChI=1S/C14H24N2O3S/c1-4-15-10-5-11-20(17,18)16-12(2)13-6-8-14(19-3)9-7-13/h6-9,12,15-16H,4-5,10-11H2,1-3H3. The minimum Gasteiger partial charge on any atom is -0.497 e. The van der Waals surface area contributed by atoms with E-state index in [0.29, 0.717) is 13.0 Å². The van der Waals surface area contributed by atoms with E-state index in [1.54, 1.807) is 7.11 Å². The first-order valence-corrected chi connectivity index (χ1v) is 8.48. The lowest BCUT2D eigenvalue weighted by Gasteiger charge is -2.15. The minimum atomic E-state index is -3.25. The third kappa shape index (κ3) is 5.90. The third-order valence-electron chi connectivity index (χ3n) is 2.99. The van der Waals surface area contributed by atoms with Crippen LogP contribution in [0.1, 0.15) is 31.9 Å². The van der Waals surface area contributed by atoms with Gasteiger partial charge in [0.25, 0.3) is 0 Å². The largest absolute Gasteiger partial charge is 0.497 e. The number of nitrogens with one attached hydrogen (secondary N) is 2. The molecule has 20 heavy (non-hydrogen) atoms. The second-order valence-corrected chi connectivity index (χ2v) is 6.51. The lowest BCUT2D eigenvalue weighted by atomic mass is 10.1. The topological polar surface area (TPSA) is 67.4 Å². The molecule has 6 heteroatoms. The molecule has 0 amide bonds. The zero-order chi connectivity index (χ0) is 15.0. The summed E-state index contributed by atoms with van der Waals surface area (Å²) >= 11 is 0. The zero-order valence-corrected chi connectivity index (χ0v) is 13.2. The van der Waals surface area contributed by atoms with E-state index in [1.807, 2.05) is 38.1 Å². The molecule has 0 fully saturated rings. The average molecular weight is 300 g/mol. The number of ether oxygens (including phenoxy) is 1. The fraction of sp³-hybridized carbons (Fsp3) is 0.571. The Morgan fingerprint density at radius 3 is 2.45 bits per heavy atom. The highest BCUT2D eigenvalue weighted by atomic mass is 32.2. The van der Waals surface area contributed by atoms with Gasteiger partial charge in [-0.25, -0.2) is 13.1 Å². The molecule has 0 aliphatic heterocycles. The smallest absolute Gasteiger partial charge is 0.212 e. The Hall–Kier alpha value is -1.11. The Balaban J connectivity index is 2.52. The van der Waals surface area contributed by atoms with Gasteiger partial charge in [0.1, 0.15) is 5.75 Å². The van der Waals surface area contributed by atoms with Crippen molar-refractivity contribution in [1.29, 1.82) is 0 Å². The summed E-state index contributed by atoms with van der Waals surface area (Å²) < 4.78 is 31.6. The van der Waals surface area contributed by atoms with Gasteiger partial charge in [-0.15, -0.1) is 0 Å². The summed E-state index contributed by atoms with van der Waals surface area (Å²) in [6.07, 6.45) is 0.610. The lowest BCUT2D eigenvalue weighted by Crippen LogP contribution is -2.30. The van der Waals surface area contributed by atoms with Crippen LogP contribution in [0.25, 0.3) is 0 Å². The van der Waals surface area contributed by atoms with E-state index in [-0.39, 0.29) is 11.8 Å². The molecule has 114 valence electrons. The highest BCUT2D eigenvalue weighted by Gasteiger charge is 2.15. The van der Waals surface area contributed by atoms with E-state index in [9.17, 15) is 8.42 Å². The van der Waals surface area contributed by atoms with Gasteiger partial charge < -0.3 is 10.1 Å². The Morgan fingerprint density at radius 2 is 1.90 bits per heavy atom. The van der Waals surface area contributed by atoms with Crippen molar-refractivity contribution < 1.29 is 13.2 Å². The number of methoxy groups -OCH3 is 1. The van der Waals surface area contributed by atoms with Crippen LogP contribution in [0, 0.1) is 0 Å². The van der Waals surface area contributed by atoms with E-state index in [0.717, 1.165) is 17.9 Å².